The van der Waals surface area contributed by atoms with E-state index in [-0.39, 0.29) is 22.7 Å². The second-order valence-electron chi connectivity index (χ2n) is 3.29. The fourth-order valence-corrected chi connectivity index (χ4v) is 1.82. The van der Waals surface area contributed by atoms with Crippen molar-refractivity contribution in [3.63, 3.8) is 0 Å². The molecule has 1 unspecified atom stereocenters. The zero-order valence-electron chi connectivity index (χ0n) is 8.14. The van der Waals surface area contributed by atoms with Gasteiger partial charge in [-0.2, -0.15) is 0 Å². The molecule has 1 heterocycles. The summed E-state index contributed by atoms with van der Waals surface area (Å²) in [5.74, 6) is -1.33. The van der Waals surface area contributed by atoms with Crippen LogP contribution >= 0.6 is 9.24 Å². The fraction of sp³-hybridized carbons (Fsp3) is 0. The molecule has 0 aliphatic rings. The number of nitrogens with zero attached hydrogens (tertiary/aromatic N) is 1. The number of pyridine rings is 1. The Balaban J connectivity index is 2.86. The van der Waals surface area contributed by atoms with Crippen LogP contribution in [0.4, 0.5) is 0 Å². The first-order chi connectivity index (χ1) is 7.50. The predicted molar refractivity (Wildman–Crippen MR) is 62.9 cm³/mol. The van der Waals surface area contributed by atoms with Gasteiger partial charge in [-0.1, -0.05) is 0 Å². The van der Waals surface area contributed by atoms with E-state index in [9.17, 15) is 15.0 Å². The smallest absolute Gasteiger partial charge is 0.267 e. The van der Waals surface area contributed by atoms with E-state index < -0.39 is 5.91 Å². The van der Waals surface area contributed by atoms with Crippen LogP contribution in [0.1, 0.15) is 10.5 Å². The van der Waals surface area contributed by atoms with Gasteiger partial charge < -0.3 is 15.9 Å². The number of amides is 1. The van der Waals surface area contributed by atoms with Crippen LogP contribution in [0.2, 0.25) is 0 Å². The molecule has 0 bridgehead atoms. The third-order valence-electron chi connectivity index (χ3n) is 2.22. The number of rotatable bonds is 1. The van der Waals surface area contributed by atoms with Gasteiger partial charge in [0.2, 0.25) is 0 Å². The molecule has 1 aromatic heterocycles. The number of hydrogen-bond donors (Lipinski definition) is 3. The van der Waals surface area contributed by atoms with Crippen molar-refractivity contribution in [2.45, 2.75) is 0 Å². The number of fused-ring (bicyclic) bond motifs is 1. The van der Waals surface area contributed by atoms with Crippen molar-refractivity contribution in [3.05, 3.63) is 23.9 Å². The second kappa shape index (κ2) is 3.61. The Kier molecular flexibility index (Phi) is 2.40. The highest BCUT2D eigenvalue weighted by molar-refractivity contribution is 7.28. The average molecular weight is 236 g/mol. The quantitative estimate of drug-likeness (QED) is 0.488. The maximum absolute atomic E-state index is 10.9. The van der Waals surface area contributed by atoms with E-state index in [4.69, 9.17) is 5.73 Å². The molecule has 0 saturated heterocycles. The van der Waals surface area contributed by atoms with E-state index >= 15 is 0 Å². The molecule has 1 aromatic carbocycles. The number of nitrogens with two attached hydrogens (primary N) is 1. The van der Waals surface area contributed by atoms with Gasteiger partial charge in [0.1, 0.15) is 11.2 Å². The van der Waals surface area contributed by atoms with Crippen molar-refractivity contribution < 1.29 is 15.0 Å². The number of aromatic hydroxyl groups is 2. The predicted octanol–water partition coefficient (Wildman–Crippen LogP) is 0.245. The molecular formula is C10H9N2O3P. The second-order valence-corrected chi connectivity index (χ2v) is 3.91. The van der Waals surface area contributed by atoms with Gasteiger partial charge in [-0.25, -0.2) is 4.98 Å². The summed E-state index contributed by atoms with van der Waals surface area (Å²) in [4.78, 5) is 14.8. The SMILES string of the molecule is NC(=O)c1ccc2c(P)cc(O)c(O)c2n1. The van der Waals surface area contributed by atoms with Crippen molar-refractivity contribution in [1.29, 1.82) is 0 Å². The Morgan fingerprint density at radius 3 is 2.69 bits per heavy atom. The molecule has 0 radical (unpaired) electrons. The Bertz CT molecular complexity index is 598. The van der Waals surface area contributed by atoms with Gasteiger partial charge in [0, 0.05) is 5.39 Å². The van der Waals surface area contributed by atoms with E-state index in [0.717, 1.165) is 0 Å². The Labute approximate surface area is 93.1 Å². The largest absolute Gasteiger partial charge is 0.504 e. The fourth-order valence-electron chi connectivity index (χ4n) is 1.42. The van der Waals surface area contributed by atoms with Crippen LogP contribution in [0.3, 0.4) is 0 Å². The Morgan fingerprint density at radius 1 is 1.38 bits per heavy atom. The molecule has 6 heteroatoms. The number of aromatic nitrogens is 1. The van der Waals surface area contributed by atoms with Crippen molar-refractivity contribution in [1.82, 2.24) is 4.98 Å². The maximum atomic E-state index is 10.9. The van der Waals surface area contributed by atoms with E-state index in [1.807, 2.05) is 0 Å². The van der Waals surface area contributed by atoms with Crippen LogP contribution in [0.5, 0.6) is 11.5 Å². The van der Waals surface area contributed by atoms with Crippen molar-refractivity contribution >= 4 is 31.4 Å². The van der Waals surface area contributed by atoms with Crippen LogP contribution in [0, 0.1) is 0 Å². The number of carbonyl (C=O) groups excluding carboxylic acids is 1. The van der Waals surface area contributed by atoms with Gasteiger partial charge in [0.15, 0.2) is 11.5 Å². The first kappa shape index (κ1) is 10.6. The lowest BCUT2D eigenvalue weighted by molar-refractivity contribution is 0.0996. The molecule has 16 heavy (non-hydrogen) atoms. The molecule has 0 aliphatic carbocycles. The van der Waals surface area contributed by atoms with Gasteiger partial charge in [0.25, 0.3) is 5.91 Å². The lowest BCUT2D eigenvalue weighted by Crippen LogP contribution is -2.13. The number of primary amides is 1. The lowest BCUT2D eigenvalue weighted by atomic mass is 10.1. The van der Waals surface area contributed by atoms with Crippen LogP contribution in [-0.4, -0.2) is 21.1 Å². The van der Waals surface area contributed by atoms with Crippen molar-refractivity contribution in [3.8, 4) is 11.5 Å². The highest BCUT2D eigenvalue weighted by Crippen LogP contribution is 2.31. The van der Waals surface area contributed by atoms with E-state index in [0.29, 0.717) is 10.7 Å². The molecule has 0 spiro atoms. The molecule has 0 fully saturated rings. The molecule has 82 valence electrons. The number of phenolic OH excluding ortho intramolecular Hbond substituents is 2. The molecule has 5 nitrogen and oxygen atoms in total. The maximum Gasteiger partial charge on any atom is 0.267 e. The molecule has 4 N–H and O–H groups in total. The summed E-state index contributed by atoms with van der Waals surface area (Å²) in [5.41, 5.74) is 5.27. The summed E-state index contributed by atoms with van der Waals surface area (Å²) in [6, 6.07) is 4.48. The summed E-state index contributed by atoms with van der Waals surface area (Å²) in [7, 11) is 2.41. The molecule has 1 amide bonds. The first-order valence-corrected chi connectivity index (χ1v) is 4.99. The third-order valence-corrected chi connectivity index (χ3v) is 2.70. The van der Waals surface area contributed by atoms with Crippen molar-refractivity contribution in [2.75, 3.05) is 0 Å². The summed E-state index contributed by atoms with van der Waals surface area (Å²) >= 11 is 0. The topological polar surface area (TPSA) is 96.4 Å². The number of carbonyl (C=O) groups is 1. The van der Waals surface area contributed by atoms with E-state index in [1.54, 1.807) is 6.07 Å². The Hall–Kier alpha value is -1.87. The third kappa shape index (κ3) is 1.55. The monoisotopic (exact) mass is 236 g/mol. The van der Waals surface area contributed by atoms with Crippen LogP contribution in [0.25, 0.3) is 10.9 Å². The molecule has 0 saturated carbocycles. The van der Waals surface area contributed by atoms with Crippen LogP contribution in [0.15, 0.2) is 18.2 Å². The van der Waals surface area contributed by atoms with Crippen molar-refractivity contribution in [2.24, 2.45) is 5.73 Å². The molecule has 1 atom stereocenters. The summed E-state index contributed by atoms with van der Waals surface area (Å²) in [6.07, 6.45) is 0. The van der Waals surface area contributed by atoms with Crippen LogP contribution in [-0.2, 0) is 0 Å². The Morgan fingerprint density at radius 2 is 2.06 bits per heavy atom. The van der Waals surface area contributed by atoms with Gasteiger partial charge in [0.05, 0.1) is 0 Å². The summed E-state index contributed by atoms with van der Waals surface area (Å²) in [6.45, 7) is 0. The van der Waals surface area contributed by atoms with Gasteiger partial charge in [-0.05, 0) is 23.5 Å². The normalized spacial score (nSPS) is 10.6. The summed E-state index contributed by atoms with van der Waals surface area (Å²) < 4.78 is 0. The number of benzene rings is 1. The highest BCUT2D eigenvalue weighted by atomic mass is 31.0. The van der Waals surface area contributed by atoms with Gasteiger partial charge in [-0.15, -0.1) is 9.24 Å². The van der Waals surface area contributed by atoms with E-state index in [1.165, 1.54) is 12.1 Å². The first-order valence-electron chi connectivity index (χ1n) is 4.41. The minimum Gasteiger partial charge on any atom is -0.504 e. The van der Waals surface area contributed by atoms with Crippen LogP contribution < -0.4 is 11.0 Å². The zero-order valence-corrected chi connectivity index (χ0v) is 9.29. The molecule has 0 aliphatic heterocycles. The molecular weight excluding hydrogens is 227 g/mol. The standard InChI is InChI=1S/C10H9N2O3P/c11-10(15)5-2-1-4-7(16)3-6(13)9(14)8(4)12-5/h1-3,13-14H,16H2,(H2,11,15). The lowest BCUT2D eigenvalue weighted by Gasteiger charge is -2.06. The molecule has 2 rings (SSSR count). The minimum absolute atomic E-state index is 0.0396. The molecule has 2 aromatic rings. The highest BCUT2D eigenvalue weighted by Gasteiger charge is 2.12. The minimum atomic E-state index is -0.685. The van der Waals surface area contributed by atoms with E-state index in [2.05, 4.69) is 14.2 Å². The van der Waals surface area contributed by atoms with Gasteiger partial charge in [-0.3, -0.25) is 4.79 Å². The number of phenols is 2. The average Bonchev–Trinajstić information content (AvgIpc) is 2.25. The van der Waals surface area contributed by atoms with Gasteiger partial charge >= 0.3 is 0 Å². The summed E-state index contributed by atoms with van der Waals surface area (Å²) in [5, 5.41) is 20.3. The number of hydrogen-bond acceptors (Lipinski definition) is 4. The zero-order chi connectivity index (χ0) is 11.9.